The fourth-order valence-electron chi connectivity index (χ4n) is 2.93. The molecule has 1 saturated heterocycles. The van der Waals surface area contributed by atoms with Gasteiger partial charge in [0.05, 0.1) is 12.0 Å². The van der Waals surface area contributed by atoms with Crippen LogP contribution in [0, 0.1) is 0 Å². The van der Waals surface area contributed by atoms with Gasteiger partial charge in [0, 0.05) is 33.3 Å². The zero-order chi connectivity index (χ0) is 14.6. The second-order valence-corrected chi connectivity index (χ2v) is 5.62. The van der Waals surface area contributed by atoms with Gasteiger partial charge < -0.3 is 20.3 Å². The predicted molar refractivity (Wildman–Crippen MR) is 75.3 cm³/mol. The minimum absolute atomic E-state index is 0.0318. The highest BCUT2D eigenvalue weighted by molar-refractivity contribution is 5.88. The molecular weight excluding hydrogens is 258 g/mol. The van der Waals surface area contributed by atoms with Crippen LogP contribution >= 0.6 is 0 Å². The number of rotatable bonds is 5. The molecule has 6 nitrogen and oxygen atoms in total. The van der Waals surface area contributed by atoms with Crippen molar-refractivity contribution in [3.8, 4) is 0 Å². The first-order chi connectivity index (χ1) is 9.62. The van der Waals surface area contributed by atoms with Crippen LogP contribution in [0.25, 0.3) is 0 Å². The molecule has 114 valence electrons. The number of carbonyl (C=O) groups excluding carboxylic acids is 2. The van der Waals surface area contributed by atoms with E-state index in [2.05, 4.69) is 10.6 Å². The average Bonchev–Trinajstić information content (AvgIpc) is 2.43. The lowest BCUT2D eigenvalue weighted by atomic mass is 9.77. The smallest absolute Gasteiger partial charge is 0.244 e. The Morgan fingerprint density at radius 3 is 2.75 bits per heavy atom. The molecule has 0 bridgehead atoms. The Morgan fingerprint density at radius 1 is 1.45 bits per heavy atom. The number of methoxy groups -OCH3 is 1. The van der Waals surface area contributed by atoms with Crippen molar-refractivity contribution in [2.75, 3.05) is 33.3 Å². The van der Waals surface area contributed by atoms with Crippen molar-refractivity contribution < 1.29 is 14.3 Å². The van der Waals surface area contributed by atoms with Gasteiger partial charge in [-0.3, -0.25) is 9.59 Å². The molecule has 1 unspecified atom stereocenters. The van der Waals surface area contributed by atoms with Crippen LogP contribution in [0.5, 0.6) is 0 Å². The lowest BCUT2D eigenvalue weighted by Crippen LogP contribution is -2.60. The van der Waals surface area contributed by atoms with Crippen LogP contribution in [0.1, 0.15) is 32.6 Å². The Kier molecular flexibility index (Phi) is 4.99. The highest BCUT2D eigenvalue weighted by atomic mass is 16.5. The predicted octanol–water partition coefficient (Wildman–Crippen LogP) is -0.118. The molecule has 6 heteroatoms. The summed E-state index contributed by atoms with van der Waals surface area (Å²) in [6.07, 6.45) is 3.38. The topological polar surface area (TPSA) is 70.7 Å². The summed E-state index contributed by atoms with van der Waals surface area (Å²) in [5, 5.41) is 5.98. The third-order valence-corrected chi connectivity index (χ3v) is 4.39. The number of nitrogens with one attached hydrogen (secondary N) is 2. The summed E-state index contributed by atoms with van der Waals surface area (Å²) in [7, 11) is 1.67. The molecule has 1 aliphatic heterocycles. The second-order valence-electron chi connectivity index (χ2n) is 5.62. The lowest BCUT2D eigenvalue weighted by Gasteiger charge is -2.43. The molecule has 0 aromatic carbocycles. The Balaban J connectivity index is 1.99. The van der Waals surface area contributed by atoms with Gasteiger partial charge in [0.2, 0.25) is 11.8 Å². The number of likely N-dealkylation sites (N-methyl/N-ethyl adjacent to an activating group) is 1. The van der Waals surface area contributed by atoms with Crippen LogP contribution < -0.4 is 10.6 Å². The molecule has 20 heavy (non-hydrogen) atoms. The maximum absolute atomic E-state index is 12.5. The average molecular weight is 283 g/mol. The van der Waals surface area contributed by atoms with Crippen LogP contribution in [-0.4, -0.2) is 61.6 Å². The first-order valence-electron chi connectivity index (χ1n) is 7.45. The van der Waals surface area contributed by atoms with Crippen molar-refractivity contribution in [1.29, 1.82) is 0 Å². The first kappa shape index (κ1) is 15.3. The van der Waals surface area contributed by atoms with Gasteiger partial charge in [0.25, 0.3) is 0 Å². The van der Waals surface area contributed by atoms with Gasteiger partial charge in [-0.15, -0.1) is 0 Å². The van der Waals surface area contributed by atoms with Gasteiger partial charge in [-0.1, -0.05) is 0 Å². The molecule has 1 saturated carbocycles. The maximum Gasteiger partial charge on any atom is 0.244 e. The molecular formula is C14H25N3O3. The third kappa shape index (κ3) is 3.12. The Morgan fingerprint density at radius 2 is 2.20 bits per heavy atom. The largest absolute Gasteiger partial charge is 0.378 e. The summed E-state index contributed by atoms with van der Waals surface area (Å²) in [6.45, 7) is 4.31. The van der Waals surface area contributed by atoms with Crippen molar-refractivity contribution in [1.82, 2.24) is 15.5 Å². The standard InChI is InChI=1S/C14H25N3O3/c1-3-16-13(19)11-10-15-7-8-17(11)12(18)9-14(20-2)5-4-6-14/h11,15H,3-10H2,1-2H3,(H,16,19). The Labute approximate surface area is 120 Å². The molecule has 0 aromatic rings. The van der Waals surface area contributed by atoms with E-state index < -0.39 is 6.04 Å². The molecule has 2 fully saturated rings. The molecule has 1 heterocycles. The molecule has 1 atom stereocenters. The summed E-state index contributed by atoms with van der Waals surface area (Å²) in [6, 6.07) is -0.398. The SMILES string of the molecule is CCNC(=O)C1CNCCN1C(=O)CC1(OC)CCC1. The van der Waals surface area contributed by atoms with E-state index in [0.29, 0.717) is 26.1 Å². The summed E-state index contributed by atoms with van der Waals surface area (Å²) >= 11 is 0. The third-order valence-electron chi connectivity index (χ3n) is 4.39. The van der Waals surface area contributed by atoms with Crippen molar-refractivity contribution in [3.63, 3.8) is 0 Å². The van der Waals surface area contributed by atoms with Crippen molar-refractivity contribution in [2.24, 2.45) is 0 Å². The first-order valence-corrected chi connectivity index (χ1v) is 7.45. The maximum atomic E-state index is 12.5. The molecule has 2 amide bonds. The van der Waals surface area contributed by atoms with Crippen LogP contribution in [0.4, 0.5) is 0 Å². The van der Waals surface area contributed by atoms with Gasteiger partial charge in [-0.2, -0.15) is 0 Å². The molecule has 2 N–H and O–H groups in total. The lowest BCUT2D eigenvalue weighted by molar-refractivity contribution is -0.151. The highest BCUT2D eigenvalue weighted by Crippen LogP contribution is 2.38. The molecule has 2 aliphatic rings. The number of carbonyl (C=O) groups is 2. The van der Waals surface area contributed by atoms with E-state index in [1.165, 1.54) is 0 Å². The number of nitrogens with zero attached hydrogens (tertiary/aromatic N) is 1. The quantitative estimate of drug-likeness (QED) is 0.738. The molecule has 1 aliphatic carbocycles. The van der Waals surface area contributed by atoms with E-state index >= 15 is 0 Å². The minimum atomic E-state index is -0.398. The zero-order valence-electron chi connectivity index (χ0n) is 12.4. The summed E-state index contributed by atoms with van der Waals surface area (Å²) in [5.41, 5.74) is -0.284. The summed E-state index contributed by atoms with van der Waals surface area (Å²) in [4.78, 5) is 26.3. The van der Waals surface area contributed by atoms with E-state index in [9.17, 15) is 9.59 Å². The van der Waals surface area contributed by atoms with E-state index in [4.69, 9.17) is 4.74 Å². The molecule has 0 aromatic heterocycles. The zero-order valence-corrected chi connectivity index (χ0v) is 12.4. The van der Waals surface area contributed by atoms with Crippen LogP contribution in [0.3, 0.4) is 0 Å². The van der Waals surface area contributed by atoms with E-state index in [1.54, 1.807) is 12.0 Å². The van der Waals surface area contributed by atoms with E-state index in [0.717, 1.165) is 25.8 Å². The normalized spacial score (nSPS) is 24.9. The molecule has 0 spiro atoms. The minimum Gasteiger partial charge on any atom is -0.378 e. The summed E-state index contributed by atoms with van der Waals surface area (Å²) < 4.78 is 5.51. The van der Waals surface area contributed by atoms with Crippen molar-refractivity contribution in [2.45, 2.75) is 44.2 Å². The van der Waals surface area contributed by atoms with E-state index in [1.807, 2.05) is 6.92 Å². The summed E-state index contributed by atoms with van der Waals surface area (Å²) in [5.74, 6) is -0.0440. The second kappa shape index (κ2) is 6.54. The number of amides is 2. The molecule has 0 radical (unpaired) electrons. The number of piperazine rings is 1. The Hall–Kier alpha value is -1.14. The van der Waals surface area contributed by atoms with Crippen LogP contribution in [-0.2, 0) is 14.3 Å². The van der Waals surface area contributed by atoms with Crippen LogP contribution in [0.15, 0.2) is 0 Å². The van der Waals surface area contributed by atoms with Crippen molar-refractivity contribution in [3.05, 3.63) is 0 Å². The van der Waals surface area contributed by atoms with Crippen LogP contribution in [0.2, 0.25) is 0 Å². The van der Waals surface area contributed by atoms with Gasteiger partial charge >= 0.3 is 0 Å². The van der Waals surface area contributed by atoms with E-state index in [-0.39, 0.29) is 17.4 Å². The fourth-order valence-corrected chi connectivity index (χ4v) is 2.93. The van der Waals surface area contributed by atoms with Gasteiger partial charge in [0.15, 0.2) is 0 Å². The fraction of sp³-hybridized carbons (Fsp3) is 0.857. The van der Waals surface area contributed by atoms with Gasteiger partial charge in [0.1, 0.15) is 6.04 Å². The monoisotopic (exact) mass is 283 g/mol. The number of hydrogen-bond acceptors (Lipinski definition) is 4. The number of ether oxygens (including phenoxy) is 1. The molecule has 2 rings (SSSR count). The van der Waals surface area contributed by atoms with Gasteiger partial charge in [-0.05, 0) is 26.2 Å². The van der Waals surface area contributed by atoms with Crippen molar-refractivity contribution >= 4 is 11.8 Å². The van der Waals surface area contributed by atoms with Gasteiger partial charge in [-0.25, -0.2) is 0 Å². The number of hydrogen-bond donors (Lipinski definition) is 2. The Bertz CT molecular complexity index is 363. The highest BCUT2D eigenvalue weighted by Gasteiger charge is 2.42.